The van der Waals surface area contributed by atoms with Gasteiger partial charge in [0.15, 0.2) is 6.29 Å². The number of aldehydes is 1. The van der Waals surface area contributed by atoms with Crippen LogP contribution < -0.4 is 0 Å². The molecule has 1 aromatic carbocycles. The zero-order valence-electron chi connectivity index (χ0n) is 9.38. The Kier molecular flexibility index (Phi) is 2.61. The first-order valence-electron chi connectivity index (χ1n) is 5.48. The highest BCUT2D eigenvalue weighted by atomic mass is 35.5. The third kappa shape index (κ3) is 1.69. The van der Waals surface area contributed by atoms with Crippen molar-refractivity contribution >= 4 is 23.4 Å². The van der Waals surface area contributed by atoms with Crippen molar-refractivity contribution in [2.75, 3.05) is 0 Å². The molecule has 0 aliphatic carbocycles. The lowest BCUT2D eigenvalue weighted by Gasteiger charge is -1.97. The molecule has 0 N–H and O–H groups in total. The highest BCUT2D eigenvalue weighted by Crippen LogP contribution is 2.26. The van der Waals surface area contributed by atoms with Crippen LogP contribution in [0.2, 0.25) is 5.02 Å². The lowest BCUT2D eigenvalue weighted by atomic mass is 10.1. The lowest BCUT2D eigenvalue weighted by molar-refractivity contribution is 0.112. The normalized spacial score (nSPS) is 10.7. The Bertz CT molecular complexity index is 733. The molecule has 0 aliphatic rings. The average molecular weight is 257 g/mol. The fourth-order valence-electron chi connectivity index (χ4n) is 1.98. The molecule has 0 fully saturated rings. The molecule has 0 bridgehead atoms. The SMILES string of the molecule is O=Cc1c(-c2cccc(Cl)c2)nn2ccccc12. The van der Waals surface area contributed by atoms with Crippen LogP contribution in [0.15, 0.2) is 48.7 Å². The second-order valence-electron chi connectivity index (χ2n) is 3.92. The number of rotatable bonds is 2. The van der Waals surface area contributed by atoms with E-state index < -0.39 is 0 Å². The van der Waals surface area contributed by atoms with Gasteiger partial charge in [-0.2, -0.15) is 5.10 Å². The van der Waals surface area contributed by atoms with E-state index in [-0.39, 0.29) is 0 Å². The second kappa shape index (κ2) is 4.27. The number of benzene rings is 1. The van der Waals surface area contributed by atoms with Crippen molar-refractivity contribution in [2.45, 2.75) is 0 Å². The minimum absolute atomic E-state index is 0.581. The molecule has 0 saturated carbocycles. The smallest absolute Gasteiger partial charge is 0.154 e. The van der Waals surface area contributed by atoms with Gasteiger partial charge in [-0.3, -0.25) is 4.79 Å². The first kappa shape index (κ1) is 11.0. The van der Waals surface area contributed by atoms with Crippen LogP contribution in [0.3, 0.4) is 0 Å². The van der Waals surface area contributed by atoms with Gasteiger partial charge >= 0.3 is 0 Å². The van der Waals surface area contributed by atoms with Crippen LogP contribution in [-0.4, -0.2) is 15.9 Å². The third-order valence-electron chi connectivity index (χ3n) is 2.79. The Morgan fingerprint density at radius 2 is 2.06 bits per heavy atom. The summed E-state index contributed by atoms with van der Waals surface area (Å²) in [6.45, 7) is 0. The number of hydrogen-bond donors (Lipinski definition) is 0. The van der Waals surface area contributed by atoms with Gasteiger partial charge in [0.25, 0.3) is 0 Å². The Hall–Kier alpha value is -2.13. The van der Waals surface area contributed by atoms with Crippen molar-refractivity contribution in [1.82, 2.24) is 9.61 Å². The summed E-state index contributed by atoms with van der Waals surface area (Å²) >= 11 is 5.97. The molecule has 0 atom stereocenters. The Labute approximate surface area is 109 Å². The highest BCUT2D eigenvalue weighted by molar-refractivity contribution is 6.30. The molecule has 0 spiro atoms. The number of pyridine rings is 1. The van der Waals surface area contributed by atoms with E-state index >= 15 is 0 Å². The molecule has 2 heterocycles. The fourth-order valence-corrected chi connectivity index (χ4v) is 2.17. The lowest BCUT2D eigenvalue weighted by Crippen LogP contribution is -1.85. The van der Waals surface area contributed by atoms with Gasteiger partial charge in [0.1, 0.15) is 5.69 Å². The molecule has 0 saturated heterocycles. The van der Waals surface area contributed by atoms with Crippen molar-refractivity contribution in [1.29, 1.82) is 0 Å². The van der Waals surface area contributed by atoms with E-state index in [1.165, 1.54) is 0 Å². The molecule has 0 aliphatic heterocycles. The van der Waals surface area contributed by atoms with Gasteiger partial charge in [0.2, 0.25) is 0 Å². The monoisotopic (exact) mass is 256 g/mol. The van der Waals surface area contributed by atoms with Crippen LogP contribution in [0.5, 0.6) is 0 Å². The van der Waals surface area contributed by atoms with Crippen molar-refractivity contribution < 1.29 is 4.79 Å². The number of carbonyl (C=O) groups is 1. The van der Waals surface area contributed by atoms with Crippen molar-refractivity contribution in [2.24, 2.45) is 0 Å². The quantitative estimate of drug-likeness (QED) is 0.658. The molecule has 3 rings (SSSR count). The molecule has 18 heavy (non-hydrogen) atoms. The Morgan fingerprint density at radius 3 is 2.83 bits per heavy atom. The molecule has 0 amide bonds. The zero-order valence-corrected chi connectivity index (χ0v) is 10.1. The molecule has 88 valence electrons. The maximum atomic E-state index is 11.3. The second-order valence-corrected chi connectivity index (χ2v) is 4.36. The topological polar surface area (TPSA) is 34.4 Å². The Morgan fingerprint density at radius 1 is 1.17 bits per heavy atom. The van der Waals surface area contributed by atoms with Gasteiger partial charge in [-0.25, -0.2) is 4.52 Å². The zero-order chi connectivity index (χ0) is 12.5. The summed E-state index contributed by atoms with van der Waals surface area (Å²) in [4.78, 5) is 11.3. The molecular formula is C14H9ClN2O. The van der Waals surface area contributed by atoms with E-state index in [0.29, 0.717) is 16.3 Å². The highest BCUT2D eigenvalue weighted by Gasteiger charge is 2.13. The van der Waals surface area contributed by atoms with E-state index in [1.807, 2.05) is 36.5 Å². The summed E-state index contributed by atoms with van der Waals surface area (Å²) in [5.41, 5.74) is 2.87. The minimum atomic E-state index is 0.581. The molecule has 3 nitrogen and oxygen atoms in total. The molecule has 4 heteroatoms. The molecule has 2 aromatic heterocycles. The molecular weight excluding hydrogens is 248 g/mol. The summed E-state index contributed by atoms with van der Waals surface area (Å²) in [6.07, 6.45) is 2.65. The third-order valence-corrected chi connectivity index (χ3v) is 3.03. The van der Waals surface area contributed by atoms with Gasteiger partial charge in [-0.15, -0.1) is 0 Å². The molecule has 0 radical (unpaired) electrons. The maximum Gasteiger partial charge on any atom is 0.154 e. The summed E-state index contributed by atoms with van der Waals surface area (Å²) in [5, 5.41) is 5.05. The average Bonchev–Trinajstić information content (AvgIpc) is 2.77. The van der Waals surface area contributed by atoms with Gasteiger partial charge in [-0.05, 0) is 24.3 Å². The summed E-state index contributed by atoms with van der Waals surface area (Å²) in [7, 11) is 0. The Balaban J connectivity index is 2.32. The van der Waals surface area contributed by atoms with Crippen molar-refractivity contribution in [3.63, 3.8) is 0 Å². The van der Waals surface area contributed by atoms with Gasteiger partial charge in [0, 0.05) is 16.8 Å². The largest absolute Gasteiger partial charge is 0.298 e. The maximum absolute atomic E-state index is 11.3. The van der Waals surface area contributed by atoms with Crippen LogP contribution in [0, 0.1) is 0 Å². The van der Waals surface area contributed by atoms with E-state index in [2.05, 4.69) is 5.10 Å². The van der Waals surface area contributed by atoms with Crippen LogP contribution in [0.1, 0.15) is 10.4 Å². The fraction of sp³-hybridized carbons (Fsp3) is 0. The van der Waals surface area contributed by atoms with Crippen LogP contribution in [0.25, 0.3) is 16.8 Å². The molecule has 3 aromatic rings. The first-order chi connectivity index (χ1) is 8.79. The molecule has 0 unspecified atom stereocenters. The number of halogens is 1. The summed E-state index contributed by atoms with van der Waals surface area (Å²) in [6, 6.07) is 12.9. The minimum Gasteiger partial charge on any atom is -0.298 e. The number of hydrogen-bond acceptors (Lipinski definition) is 2. The van der Waals surface area contributed by atoms with E-state index in [4.69, 9.17) is 11.6 Å². The van der Waals surface area contributed by atoms with Crippen LogP contribution in [0.4, 0.5) is 0 Å². The predicted molar refractivity (Wildman–Crippen MR) is 71.0 cm³/mol. The number of aromatic nitrogens is 2. The van der Waals surface area contributed by atoms with Crippen LogP contribution >= 0.6 is 11.6 Å². The van der Waals surface area contributed by atoms with Crippen LogP contribution in [-0.2, 0) is 0 Å². The van der Waals surface area contributed by atoms with Crippen molar-refractivity contribution in [3.8, 4) is 11.3 Å². The van der Waals surface area contributed by atoms with Gasteiger partial charge in [-0.1, -0.05) is 29.8 Å². The van der Waals surface area contributed by atoms with Gasteiger partial charge in [0.05, 0.1) is 11.1 Å². The first-order valence-corrected chi connectivity index (χ1v) is 5.86. The predicted octanol–water partition coefficient (Wildman–Crippen LogP) is 3.47. The van der Waals surface area contributed by atoms with E-state index in [1.54, 1.807) is 16.6 Å². The van der Waals surface area contributed by atoms with E-state index in [9.17, 15) is 4.79 Å². The van der Waals surface area contributed by atoms with E-state index in [0.717, 1.165) is 17.4 Å². The number of nitrogens with zero attached hydrogens (tertiary/aromatic N) is 2. The number of fused-ring (bicyclic) bond motifs is 1. The number of carbonyl (C=O) groups excluding carboxylic acids is 1. The van der Waals surface area contributed by atoms with Gasteiger partial charge < -0.3 is 0 Å². The summed E-state index contributed by atoms with van der Waals surface area (Å²) in [5.74, 6) is 0. The van der Waals surface area contributed by atoms with Crippen molar-refractivity contribution in [3.05, 3.63) is 59.2 Å². The standard InChI is InChI=1S/C14H9ClN2O/c15-11-5-3-4-10(8-11)14-12(9-18)13-6-1-2-7-17(13)16-14/h1-9H. The summed E-state index contributed by atoms with van der Waals surface area (Å²) < 4.78 is 1.69.